The van der Waals surface area contributed by atoms with Crippen LogP contribution in [-0.4, -0.2) is 34.9 Å². The van der Waals surface area contributed by atoms with Gasteiger partial charge in [-0.2, -0.15) is 0 Å². The van der Waals surface area contributed by atoms with Crippen molar-refractivity contribution in [1.82, 2.24) is 9.55 Å². The van der Waals surface area contributed by atoms with E-state index in [0.29, 0.717) is 11.1 Å². The summed E-state index contributed by atoms with van der Waals surface area (Å²) in [4.78, 5) is 18.6. The van der Waals surface area contributed by atoms with Crippen molar-refractivity contribution < 1.29 is 9.84 Å². The molecule has 0 spiro atoms. The van der Waals surface area contributed by atoms with E-state index in [1.54, 1.807) is 17.9 Å². The molecule has 150 valence electrons. The van der Waals surface area contributed by atoms with Crippen LogP contribution in [0.25, 0.3) is 26.0 Å². The van der Waals surface area contributed by atoms with Crippen LogP contribution in [0, 0.1) is 0 Å². The number of nitrogens with zero attached hydrogens (tertiary/aromatic N) is 2. The van der Waals surface area contributed by atoms with Crippen molar-refractivity contribution in [3.8, 4) is 0 Å². The number of aromatic nitrogens is 2. The summed E-state index contributed by atoms with van der Waals surface area (Å²) in [7, 11) is 1.63. The normalized spacial score (nSPS) is 14.0. The highest BCUT2D eigenvalue weighted by Gasteiger charge is 2.15. The Morgan fingerprint density at radius 3 is 3.03 bits per heavy atom. The molecule has 3 heterocycles. The SMILES string of the molecule is COC1=CC=C(n2ccc3c(sc4nccc(NCCCCO)c43)c2=O)CC=C1. The maximum Gasteiger partial charge on any atom is 0.272 e. The van der Waals surface area contributed by atoms with Crippen LogP contribution in [-0.2, 0) is 4.74 Å². The van der Waals surface area contributed by atoms with Crippen LogP contribution in [0.15, 0.2) is 59.4 Å². The number of pyridine rings is 2. The summed E-state index contributed by atoms with van der Waals surface area (Å²) in [6, 6.07) is 3.93. The first kappa shape index (κ1) is 19.4. The summed E-state index contributed by atoms with van der Waals surface area (Å²) in [5.41, 5.74) is 1.83. The first-order valence-corrected chi connectivity index (χ1v) is 10.4. The second-order valence-electron chi connectivity index (χ2n) is 6.77. The molecule has 0 bridgehead atoms. The third-order valence-electron chi connectivity index (χ3n) is 4.93. The molecule has 0 aromatic carbocycles. The molecule has 0 saturated carbocycles. The van der Waals surface area contributed by atoms with Crippen LogP contribution in [0.2, 0.25) is 0 Å². The summed E-state index contributed by atoms with van der Waals surface area (Å²) in [5.74, 6) is 0.761. The molecule has 3 aromatic rings. The molecule has 2 N–H and O–H groups in total. The highest BCUT2D eigenvalue weighted by Crippen LogP contribution is 2.35. The zero-order chi connectivity index (χ0) is 20.2. The summed E-state index contributed by atoms with van der Waals surface area (Å²) >= 11 is 1.42. The average Bonchev–Trinajstić information content (AvgIpc) is 2.96. The minimum absolute atomic E-state index is 0.0364. The van der Waals surface area contributed by atoms with Crippen LogP contribution >= 0.6 is 11.3 Å². The van der Waals surface area contributed by atoms with Crippen molar-refractivity contribution in [1.29, 1.82) is 0 Å². The predicted molar refractivity (Wildman–Crippen MR) is 119 cm³/mol. The number of allylic oxidation sites excluding steroid dienone is 5. The molecule has 1 aliphatic rings. The van der Waals surface area contributed by atoms with E-state index in [0.717, 1.165) is 52.1 Å². The maximum atomic E-state index is 13.3. The first-order valence-electron chi connectivity index (χ1n) is 9.62. The van der Waals surface area contributed by atoms with E-state index in [9.17, 15) is 4.79 Å². The van der Waals surface area contributed by atoms with Crippen LogP contribution in [0.4, 0.5) is 5.69 Å². The molecule has 1 aliphatic carbocycles. The van der Waals surface area contributed by atoms with Crippen molar-refractivity contribution in [2.45, 2.75) is 19.3 Å². The fourth-order valence-corrected chi connectivity index (χ4v) is 4.53. The smallest absolute Gasteiger partial charge is 0.272 e. The van der Waals surface area contributed by atoms with Gasteiger partial charge in [-0.3, -0.25) is 9.36 Å². The van der Waals surface area contributed by atoms with Crippen molar-refractivity contribution in [3.05, 3.63) is 64.9 Å². The van der Waals surface area contributed by atoms with Gasteiger partial charge in [-0.15, -0.1) is 11.3 Å². The van der Waals surface area contributed by atoms with Gasteiger partial charge in [0.25, 0.3) is 5.56 Å². The summed E-state index contributed by atoms with van der Waals surface area (Å²) in [6.07, 6.45) is 13.6. The van der Waals surface area contributed by atoms with Gasteiger partial charge in [0, 0.05) is 54.1 Å². The van der Waals surface area contributed by atoms with Gasteiger partial charge in [0.15, 0.2) is 0 Å². The summed E-state index contributed by atoms with van der Waals surface area (Å²) in [6.45, 7) is 0.960. The number of hydrogen-bond donors (Lipinski definition) is 2. The number of unbranched alkanes of at least 4 members (excludes halogenated alkanes) is 1. The molecule has 0 fully saturated rings. The molecule has 3 aromatic heterocycles. The van der Waals surface area contributed by atoms with Crippen LogP contribution < -0.4 is 10.9 Å². The summed E-state index contributed by atoms with van der Waals surface area (Å²) in [5, 5.41) is 14.3. The van der Waals surface area contributed by atoms with E-state index in [1.807, 2.05) is 42.6 Å². The number of methoxy groups -OCH3 is 1. The van der Waals surface area contributed by atoms with E-state index in [-0.39, 0.29) is 12.2 Å². The van der Waals surface area contributed by atoms with Gasteiger partial charge >= 0.3 is 0 Å². The molecule has 29 heavy (non-hydrogen) atoms. The molecule has 7 heteroatoms. The molecule has 0 radical (unpaired) electrons. The number of anilines is 1. The van der Waals surface area contributed by atoms with Gasteiger partial charge in [0.1, 0.15) is 15.3 Å². The molecule has 4 rings (SSSR count). The van der Waals surface area contributed by atoms with Gasteiger partial charge in [0.2, 0.25) is 0 Å². The number of thiophene rings is 1. The number of ether oxygens (including phenoxy) is 1. The molecule has 0 aliphatic heterocycles. The second-order valence-corrected chi connectivity index (χ2v) is 7.77. The van der Waals surface area contributed by atoms with Crippen molar-refractivity contribution in [2.75, 3.05) is 25.6 Å². The van der Waals surface area contributed by atoms with Gasteiger partial charge in [-0.05, 0) is 43.2 Å². The predicted octanol–water partition coefficient (Wildman–Crippen LogP) is 4.13. The third-order valence-corrected chi connectivity index (χ3v) is 6.03. The topological polar surface area (TPSA) is 76.4 Å². The molecule has 6 nitrogen and oxygen atoms in total. The zero-order valence-electron chi connectivity index (χ0n) is 16.2. The molecule has 0 saturated heterocycles. The van der Waals surface area contributed by atoms with Gasteiger partial charge in [0.05, 0.1) is 7.11 Å². The van der Waals surface area contributed by atoms with E-state index in [2.05, 4.69) is 10.3 Å². The van der Waals surface area contributed by atoms with Crippen molar-refractivity contribution in [2.24, 2.45) is 0 Å². The first-order chi connectivity index (χ1) is 14.2. The lowest BCUT2D eigenvalue weighted by Crippen LogP contribution is -2.17. The number of rotatable bonds is 7. The van der Waals surface area contributed by atoms with Gasteiger partial charge in [-0.1, -0.05) is 6.08 Å². The Hall–Kier alpha value is -2.90. The Morgan fingerprint density at radius 1 is 1.31 bits per heavy atom. The van der Waals surface area contributed by atoms with Crippen LogP contribution in [0.5, 0.6) is 0 Å². The molecule has 0 atom stereocenters. The third kappa shape index (κ3) is 3.83. The molecule has 0 unspecified atom stereocenters. The lowest BCUT2D eigenvalue weighted by Gasteiger charge is -2.09. The summed E-state index contributed by atoms with van der Waals surface area (Å²) < 4.78 is 7.67. The van der Waals surface area contributed by atoms with E-state index in [4.69, 9.17) is 9.84 Å². The average molecular weight is 410 g/mol. The van der Waals surface area contributed by atoms with Crippen LogP contribution in [0.1, 0.15) is 19.3 Å². The Labute approximate surface area is 172 Å². The van der Waals surface area contributed by atoms with Crippen molar-refractivity contribution in [3.63, 3.8) is 0 Å². The largest absolute Gasteiger partial charge is 0.497 e. The lowest BCUT2D eigenvalue weighted by molar-refractivity contribution is 0.286. The Balaban J connectivity index is 1.77. The Bertz CT molecular complexity index is 1190. The monoisotopic (exact) mass is 409 g/mol. The van der Waals surface area contributed by atoms with Gasteiger partial charge in [-0.25, -0.2) is 4.98 Å². The zero-order valence-corrected chi connectivity index (χ0v) is 17.0. The van der Waals surface area contributed by atoms with Crippen molar-refractivity contribution >= 4 is 43.0 Å². The van der Waals surface area contributed by atoms with E-state index in [1.165, 1.54) is 11.3 Å². The number of aliphatic hydroxyl groups is 1. The molecule has 0 amide bonds. The standard InChI is InChI=1S/C22H23N3O3S/c1-28-16-6-4-5-15(7-8-16)25-13-10-17-19-18(23-11-2-3-14-26)9-12-24-21(19)29-20(17)22(25)27/h4,6-10,12-13,26H,2-3,5,11,14H2,1H3,(H,23,24). The highest BCUT2D eigenvalue weighted by molar-refractivity contribution is 7.25. The Morgan fingerprint density at radius 2 is 2.21 bits per heavy atom. The lowest BCUT2D eigenvalue weighted by atomic mass is 10.2. The highest BCUT2D eigenvalue weighted by atomic mass is 32.1. The minimum Gasteiger partial charge on any atom is -0.497 e. The van der Waals surface area contributed by atoms with Crippen LogP contribution in [0.3, 0.4) is 0 Å². The van der Waals surface area contributed by atoms with E-state index >= 15 is 0 Å². The number of fused-ring (bicyclic) bond motifs is 3. The maximum absolute atomic E-state index is 13.3. The fraction of sp³-hybridized carbons (Fsp3) is 0.273. The fourth-order valence-electron chi connectivity index (χ4n) is 3.44. The quantitative estimate of drug-likeness (QED) is 0.574. The number of hydrogen-bond acceptors (Lipinski definition) is 6. The van der Waals surface area contributed by atoms with E-state index < -0.39 is 0 Å². The molecular formula is C22H23N3O3S. The Kier molecular flexibility index (Phi) is 5.78. The number of aliphatic hydroxyl groups excluding tert-OH is 1. The van der Waals surface area contributed by atoms with Gasteiger partial charge < -0.3 is 15.2 Å². The molecular weight excluding hydrogens is 386 g/mol. The minimum atomic E-state index is -0.0364. The number of nitrogens with one attached hydrogen (secondary N) is 1. The second kappa shape index (κ2) is 8.63.